The maximum Gasteiger partial charge on any atom is 0.253 e. The van der Waals surface area contributed by atoms with Crippen molar-refractivity contribution in [2.45, 2.75) is 37.4 Å². The van der Waals surface area contributed by atoms with E-state index >= 15 is 0 Å². The second-order valence-corrected chi connectivity index (χ2v) is 10.3. The molecule has 3 aromatic rings. The maximum absolute atomic E-state index is 12.8. The summed E-state index contributed by atoms with van der Waals surface area (Å²) in [7, 11) is 0. The Labute approximate surface area is 207 Å². The zero-order valence-electron chi connectivity index (χ0n) is 18.7. The summed E-state index contributed by atoms with van der Waals surface area (Å²) in [6.07, 6.45) is 3.71. The third-order valence-corrected chi connectivity index (χ3v) is 8.00. The number of rotatable bonds is 4. The van der Waals surface area contributed by atoms with E-state index in [1.54, 1.807) is 28.5 Å². The van der Waals surface area contributed by atoms with Crippen molar-refractivity contribution in [3.05, 3.63) is 64.3 Å². The fourth-order valence-electron chi connectivity index (χ4n) is 4.56. The number of nitrogens with zero attached hydrogens (tertiary/aromatic N) is 2. The third kappa shape index (κ3) is 4.76. The summed E-state index contributed by atoms with van der Waals surface area (Å²) in [6, 6.07) is 11.4. The van der Waals surface area contributed by atoms with Crippen molar-refractivity contribution in [3.8, 4) is 21.6 Å². The number of piperidine rings is 1. The van der Waals surface area contributed by atoms with E-state index in [2.05, 4.69) is 16.4 Å². The fraction of sp³-hybridized carbons (Fsp3) is 0.385. The Morgan fingerprint density at radius 3 is 2.62 bits per heavy atom. The van der Waals surface area contributed by atoms with Gasteiger partial charge >= 0.3 is 0 Å². The van der Waals surface area contributed by atoms with Gasteiger partial charge in [0.05, 0.1) is 16.8 Å². The molecule has 2 aliphatic heterocycles. The molecule has 1 aromatic carbocycles. The van der Waals surface area contributed by atoms with E-state index in [0.717, 1.165) is 21.6 Å². The molecule has 34 heavy (non-hydrogen) atoms. The van der Waals surface area contributed by atoms with Crippen LogP contribution in [-0.2, 0) is 10.3 Å². The Bertz CT molecular complexity index is 1180. The van der Waals surface area contributed by atoms with E-state index in [9.17, 15) is 15.0 Å². The summed E-state index contributed by atoms with van der Waals surface area (Å²) in [4.78, 5) is 20.0. The first kappa shape index (κ1) is 23.5. The van der Waals surface area contributed by atoms with Gasteiger partial charge in [-0.3, -0.25) is 9.78 Å². The van der Waals surface area contributed by atoms with Crippen LogP contribution in [0.25, 0.3) is 21.6 Å². The average Bonchev–Trinajstić information content (AvgIpc) is 3.35. The molecule has 2 fully saturated rings. The molecule has 5 rings (SSSR count). The molecule has 2 aromatic heterocycles. The Morgan fingerprint density at radius 2 is 1.88 bits per heavy atom. The van der Waals surface area contributed by atoms with E-state index in [0.29, 0.717) is 68.3 Å². The van der Waals surface area contributed by atoms with Crippen molar-refractivity contribution in [3.63, 3.8) is 0 Å². The predicted octanol–water partition coefficient (Wildman–Crippen LogP) is 4.73. The van der Waals surface area contributed by atoms with Gasteiger partial charge in [0, 0.05) is 61.3 Å². The van der Waals surface area contributed by atoms with Crippen LogP contribution in [0.5, 0.6) is 0 Å². The Morgan fingerprint density at radius 1 is 1.12 bits per heavy atom. The van der Waals surface area contributed by atoms with Gasteiger partial charge in [-0.15, -0.1) is 11.3 Å². The lowest BCUT2D eigenvalue weighted by molar-refractivity contribution is -0.0705. The summed E-state index contributed by atoms with van der Waals surface area (Å²) in [5.41, 5.74) is 3.18. The van der Waals surface area contributed by atoms with Crippen molar-refractivity contribution in [1.29, 1.82) is 0 Å². The number of pyridine rings is 1. The van der Waals surface area contributed by atoms with Crippen molar-refractivity contribution in [2.24, 2.45) is 0 Å². The monoisotopic (exact) mass is 498 g/mol. The van der Waals surface area contributed by atoms with Gasteiger partial charge in [-0.2, -0.15) is 0 Å². The van der Waals surface area contributed by atoms with Gasteiger partial charge in [0.25, 0.3) is 5.91 Å². The average molecular weight is 499 g/mol. The number of amides is 1. The highest BCUT2D eigenvalue weighted by atomic mass is 35.5. The number of carbonyl (C=O) groups is 1. The zero-order chi connectivity index (χ0) is 23.7. The first-order valence-corrected chi connectivity index (χ1v) is 12.8. The number of benzene rings is 1. The van der Waals surface area contributed by atoms with Gasteiger partial charge in [0.2, 0.25) is 0 Å². The van der Waals surface area contributed by atoms with Crippen molar-refractivity contribution in [1.82, 2.24) is 9.88 Å². The highest BCUT2D eigenvalue weighted by Crippen LogP contribution is 2.38. The molecule has 2 saturated heterocycles. The largest absolute Gasteiger partial charge is 0.393 e. The summed E-state index contributed by atoms with van der Waals surface area (Å²) in [5, 5.41) is 23.3. The molecule has 4 heterocycles. The number of carbonyl (C=O) groups excluding carboxylic acids is 1. The Hall–Kier alpha value is -2.29. The number of aliphatic hydroxyl groups excluding tert-OH is 1. The van der Waals surface area contributed by atoms with Crippen LogP contribution in [-0.4, -0.2) is 58.4 Å². The van der Waals surface area contributed by atoms with Crippen LogP contribution in [0.3, 0.4) is 0 Å². The molecular weight excluding hydrogens is 472 g/mol. The Kier molecular flexibility index (Phi) is 6.73. The van der Waals surface area contributed by atoms with Gasteiger partial charge < -0.3 is 19.8 Å². The SMILES string of the molecule is O=C(c1ccc(-c2cc(-c3ccnc(C4(O)CCOCC4)c3)cs2)c(Cl)c1)N1CCC(O)CC1. The molecule has 0 saturated carbocycles. The van der Waals surface area contributed by atoms with E-state index in [-0.39, 0.29) is 12.0 Å². The number of halogens is 1. The van der Waals surface area contributed by atoms with Gasteiger partial charge in [0.1, 0.15) is 5.60 Å². The second kappa shape index (κ2) is 9.76. The zero-order valence-corrected chi connectivity index (χ0v) is 20.3. The van der Waals surface area contributed by atoms with Crippen LogP contribution in [0.2, 0.25) is 5.02 Å². The molecule has 2 aliphatic rings. The van der Waals surface area contributed by atoms with Crippen LogP contribution < -0.4 is 0 Å². The van der Waals surface area contributed by atoms with Gasteiger partial charge in [0.15, 0.2) is 0 Å². The topological polar surface area (TPSA) is 82.9 Å². The summed E-state index contributed by atoms with van der Waals surface area (Å²) in [5.74, 6) is -0.0532. The molecule has 6 nitrogen and oxygen atoms in total. The van der Waals surface area contributed by atoms with E-state index in [4.69, 9.17) is 16.3 Å². The molecular formula is C26H27ClN2O4S. The molecule has 0 bridgehead atoms. The number of hydrogen-bond donors (Lipinski definition) is 2. The summed E-state index contributed by atoms with van der Waals surface area (Å²) in [6.45, 7) is 2.18. The van der Waals surface area contributed by atoms with E-state index in [1.807, 2.05) is 24.3 Å². The molecule has 0 atom stereocenters. The molecule has 8 heteroatoms. The first-order chi connectivity index (χ1) is 16.4. The number of aliphatic hydroxyl groups is 2. The van der Waals surface area contributed by atoms with E-state index in [1.165, 1.54) is 0 Å². The van der Waals surface area contributed by atoms with Gasteiger partial charge in [-0.25, -0.2) is 0 Å². The lowest BCUT2D eigenvalue weighted by Crippen LogP contribution is -2.40. The van der Waals surface area contributed by atoms with Crippen LogP contribution >= 0.6 is 22.9 Å². The minimum absolute atomic E-state index is 0.0532. The minimum Gasteiger partial charge on any atom is -0.393 e. The lowest BCUT2D eigenvalue weighted by atomic mass is 9.89. The molecule has 1 amide bonds. The Balaban J connectivity index is 1.36. The van der Waals surface area contributed by atoms with Crippen LogP contribution in [0.1, 0.15) is 41.7 Å². The highest BCUT2D eigenvalue weighted by molar-refractivity contribution is 7.14. The minimum atomic E-state index is -0.953. The maximum atomic E-state index is 12.8. The van der Waals surface area contributed by atoms with Crippen molar-refractivity contribution < 1.29 is 19.7 Å². The number of hydrogen-bond acceptors (Lipinski definition) is 6. The normalized spacial score (nSPS) is 18.7. The summed E-state index contributed by atoms with van der Waals surface area (Å²) >= 11 is 8.20. The van der Waals surface area contributed by atoms with Crippen LogP contribution in [0.4, 0.5) is 0 Å². The second-order valence-electron chi connectivity index (χ2n) is 8.99. The molecule has 2 N–H and O–H groups in total. The smallest absolute Gasteiger partial charge is 0.253 e. The fourth-order valence-corrected chi connectivity index (χ4v) is 5.85. The first-order valence-electron chi connectivity index (χ1n) is 11.6. The molecule has 0 aliphatic carbocycles. The highest BCUT2D eigenvalue weighted by Gasteiger charge is 2.33. The lowest BCUT2D eigenvalue weighted by Gasteiger charge is -2.31. The number of aromatic nitrogens is 1. The molecule has 178 valence electrons. The predicted molar refractivity (Wildman–Crippen MR) is 133 cm³/mol. The number of ether oxygens (including phenoxy) is 1. The molecule has 0 radical (unpaired) electrons. The summed E-state index contributed by atoms with van der Waals surface area (Å²) < 4.78 is 5.39. The van der Waals surface area contributed by atoms with Gasteiger partial charge in [-0.1, -0.05) is 17.7 Å². The van der Waals surface area contributed by atoms with E-state index < -0.39 is 5.60 Å². The van der Waals surface area contributed by atoms with Crippen molar-refractivity contribution in [2.75, 3.05) is 26.3 Å². The quantitative estimate of drug-likeness (QED) is 0.543. The third-order valence-electron chi connectivity index (χ3n) is 6.72. The van der Waals surface area contributed by atoms with Crippen LogP contribution in [0, 0.1) is 0 Å². The standard InChI is InChI=1S/C26H27ClN2O4S/c27-22-13-18(25(31)29-9-4-20(30)5-10-29)1-2-21(22)23-14-19(16-34-23)17-3-8-28-24(15-17)26(32)6-11-33-12-7-26/h1-3,8,13-16,20,30,32H,4-7,9-12H2. The molecule has 0 unspecified atom stereocenters. The number of likely N-dealkylation sites (tertiary alicyclic amines) is 1. The molecule has 0 spiro atoms. The van der Waals surface area contributed by atoms with Crippen molar-refractivity contribution >= 4 is 28.8 Å². The van der Waals surface area contributed by atoms with Crippen LogP contribution in [0.15, 0.2) is 48.0 Å². The number of thiophene rings is 1. The van der Waals surface area contributed by atoms with Gasteiger partial charge in [-0.05, 0) is 59.7 Å².